The lowest BCUT2D eigenvalue weighted by atomic mass is 10.2. The molecule has 0 aliphatic rings. The van der Waals surface area contributed by atoms with E-state index >= 15 is 0 Å². The first kappa shape index (κ1) is 13.7. The molecule has 92 valence electrons. The van der Waals surface area contributed by atoms with Gasteiger partial charge in [0.05, 0.1) is 16.4 Å². The van der Waals surface area contributed by atoms with Crippen LogP contribution in [-0.2, 0) is 9.84 Å². The number of sulfone groups is 1. The van der Waals surface area contributed by atoms with Crippen molar-refractivity contribution in [1.29, 1.82) is 0 Å². The average Bonchev–Trinajstić information content (AvgIpc) is 2.30. The molecule has 0 aliphatic heterocycles. The van der Waals surface area contributed by atoms with Gasteiger partial charge in [-0.15, -0.1) is 5.73 Å². The van der Waals surface area contributed by atoms with Gasteiger partial charge >= 0.3 is 0 Å². The summed E-state index contributed by atoms with van der Waals surface area (Å²) in [5.74, 6) is 0. The van der Waals surface area contributed by atoms with E-state index in [4.69, 9.17) is 0 Å². The maximum atomic E-state index is 11.8. The lowest BCUT2D eigenvalue weighted by Crippen LogP contribution is -1.99. The van der Waals surface area contributed by atoms with Gasteiger partial charge in [0.1, 0.15) is 0 Å². The zero-order valence-electron chi connectivity index (χ0n) is 9.70. The van der Waals surface area contributed by atoms with Crippen molar-refractivity contribution in [2.45, 2.75) is 30.8 Å². The van der Waals surface area contributed by atoms with E-state index in [9.17, 15) is 13.5 Å². The summed E-state index contributed by atoms with van der Waals surface area (Å²) in [7, 11) is -3.45. The van der Waals surface area contributed by atoms with Crippen LogP contribution in [-0.4, -0.2) is 19.6 Å². The van der Waals surface area contributed by atoms with Crippen molar-refractivity contribution in [3.05, 3.63) is 47.5 Å². The van der Waals surface area contributed by atoms with Crippen molar-refractivity contribution < 1.29 is 13.5 Å². The molecule has 3 nitrogen and oxygen atoms in total. The minimum atomic E-state index is -3.45. The third kappa shape index (κ3) is 4.57. The van der Waals surface area contributed by atoms with Crippen molar-refractivity contribution in [3.8, 4) is 0 Å². The molecular formula is C13H16O3S. The predicted molar refractivity (Wildman–Crippen MR) is 67.2 cm³/mol. The molecule has 4 heteroatoms. The molecule has 0 aliphatic carbocycles. The highest BCUT2D eigenvalue weighted by Gasteiger charge is 2.08. The minimum absolute atomic E-state index is 0.228. The van der Waals surface area contributed by atoms with Crippen molar-refractivity contribution in [2.75, 3.05) is 0 Å². The van der Waals surface area contributed by atoms with Gasteiger partial charge in [-0.25, -0.2) is 8.42 Å². The number of aliphatic hydroxyl groups is 1. The normalized spacial score (nSPS) is 12.6. The Morgan fingerprint density at radius 3 is 2.59 bits per heavy atom. The first-order chi connectivity index (χ1) is 8.06. The molecule has 0 saturated heterocycles. The minimum Gasteiger partial charge on any atom is -0.388 e. The smallest absolute Gasteiger partial charge is 0.207 e. The molecule has 1 N–H and O–H groups in total. The van der Waals surface area contributed by atoms with E-state index in [1.54, 1.807) is 18.2 Å². The zero-order valence-corrected chi connectivity index (χ0v) is 10.5. The van der Waals surface area contributed by atoms with E-state index in [1.165, 1.54) is 18.2 Å². The quantitative estimate of drug-likeness (QED) is 0.818. The van der Waals surface area contributed by atoms with Crippen LogP contribution >= 0.6 is 0 Å². The van der Waals surface area contributed by atoms with Crippen LogP contribution in [0.25, 0.3) is 0 Å². The Hall–Kier alpha value is -1.35. The van der Waals surface area contributed by atoms with Gasteiger partial charge in [-0.2, -0.15) is 0 Å². The molecular weight excluding hydrogens is 236 g/mol. The number of rotatable bonds is 5. The highest BCUT2D eigenvalue weighted by Crippen LogP contribution is 2.10. The van der Waals surface area contributed by atoms with Gasteiger partial charge in [0.25, 0.3) is 0 Å². The standard InChI is InChI=1S/C13H16O3S/c1-2-7-12(14)8-6-11-17(15,16)13-9-4-3-5-10-13/h3-5,8-12,14H,2,7H2,1H3. The van der Waals surface area contributed by atoms with Gasteiger partial charge in [0.15, 0.2) is 0 Å². The second-order valence-electron chi connectivity index (χ2n) is 3.67. The molecule has 1 rings (SSSR count). The molecule has 1 aromatic carbocycles. The van der Waals surface area contributed by atoms with Gasteiger partial charge in [-0.1, -0.05) is 31.5 Å². The number of hydrogen-bond donors (Lipinski definition) is 1. The summed E-state index contributed by atoms with van der Waals surface area (Å²) in [4.78, 5) is 0.228. The topological polar surface area (TPSA) is 54.4 Å². The molecule has 0 aromatic heterocycles. The third-order valence-electron chi connectivity index (χ3n) is 2.17. The van der Waals surface area contributed by atoms with Gasteiger partial charge in [-0.05, 0) is 24.6 Å². The van der Waals surface area contributed by atoms with Crippen LogP contribution in [0.4, 0.5) is 0 Å². The van der Waals surface area contributed by atoms with Crippen molar-refractivity contribution in [3.63, 3.8) is 0 Å². The van der Waals surface area contributed by atoms with Crippen LogP contribution in [0, 0.1) is 0 Å². The van der Waals surface area contributed by atoms with E-state index in [-0.39, 0.29) is 4.90 Å². The monoisotopic (exact) mass is 252 g/mol. The summed E-state index contributed by atoms with van der Waals surface area (Å²) >= 11 is 0. The van der Waals surface area contributed by atoms with Crippen molar-refractivity contribution in [2.24, 2.45) is 0 Å². The summed E-state index contributed by atoms with van der Waals surface area (Å²) in [5, 5.41) is 10.4. The molecule has 0 bridgehead atoms. The Balaban J connectivity index is 2.84. The average molecular weight is 252 g/mol. The molecule has 0 heterocycles. The maximum Gasteiger partial charge on any atom is 0.207 e. The number of benzene rings is 1. The third-order valence-corrected chi connectivity index (χ3v) is 3.54. The van der Waals surface area contributed by atoms with Gasteiger partial charge in [0.2, 0.25) is 9.84 Å². The number of aliphatic hydroxyl groups excluding tert-OH is 1. The van der Waals surface area contributed by atoms with E-state index in [0.29, 0.717) is 6.42 Å². The van der Waals surface area contributed by atoms with Gasteiger partial charge < -0.3 is 5.11 Å². The number of hydrogen-bond acceptors (Lipinski definition) is 3. The molecule has 17 heavy (non-hydrogen) atoms. The van der Waals surface area contributed by atoms with E-state index in [2.05, 4.69) is 5.73 Å². The fraction of sp³-hybridized carbons (Fsp3) is 0.308. The Bertz CT molecular complexity index is 497. The molecule has 0 radical (unpaired) electrons. The molecule has 1 unspecified atom stereocenters. The van der Waals surface area contributed by atoms with Crippen LogP contribution in [0.15, 0.2) is 52.4 Å². The molecule has 0 saturated carbocycles. The van der Waals surface area contributed by atoms with E-state index < -0.39 is 15.9 Å². The van der Waals surface area contributed by atoms with Crippen LogP contribution < -0.4 is 0 Å². The van der Waals surface area contributed by atoms with Crippen LogP contribution in [0.5, 0.6) is 0 Å². The Morgan fingerprint density at radius 1 is 1.35 bits per heavy atom. The molecule has 0 fully saturated rings. The largest absolute Gasteiger partial charge is 0.388 e. The summed E-state index contributed by atoms with van der Waals surface area (Å²) < 4.78 is 23.5. The fourth-order valence-electron chi connectivity index (χ4n) is 1.30. The highest BCUT2D eigenvalue weighted by molar-refractivity contribution is 7.94. The summed E-state index contributed by atoms with van der Waals surface area (Å²) in [6.07, 6.45) is 2.17. The lowest BCUT2D eigenvalue weighted by molar-refractivity contribution is 0.212. The molecule has 1 atom stereocenters. The van der Waals surface area contributed by atoms with Crippen LogP contribution in [0.1, 0.15) is 19.8 Å². The van der Waals surface area contributed by atoms with Crippen LogP contribution in [0.3, 0.4) is 0 Å². The highest BCUT2D eigenvalue weighted by atomic mass is 32.2. The second-order valence-corrected chi connectivity index (χ2v) is 5.46. The Morgan fingerprint density at radius 2 is 2.00 bits per heavy atom. The van der Waals surface area contributed by atoms with E-state index in [0.717, 1.165) is 11.8 Å². The molecule has 0 spiro atoms. The van der Waals surface area contributed by atoms with Gasteiger partial charge in [0, 0.05) is 0 Å². The maximum absolute atomic E-state index is 11.8. The Labute approximate surface area is 102 Å². The molecule has 1 aromatic rings. The Kier molecular flexibility index (Phi) is 5.16. The van der Waals surface area contributed by atoms with Crippen molar-refractivity contribution >= 4 is 9.84 Å². The zero-order chi connectivity index (χ0) is 12.7. The fourth-order valence-corrected chi connectivity index (χ4v) is 2.23. The van der Waals surface area contributed by atoms with E-state index in [1.807, 2.05) is 6.92 Å². The first-order valence-electron chi connectivity index (χ1n) is 5.47. The van der Waals surface area contributed by atoms with Gasteiger partial charge in [-0.3, -0.25) is 0 Å². The SMILES string of the molecule is CCCC(O)C=C=CS(=O)(=O)c1ccccc1. The summed E-state index contributed by atoms with van der Waals surface area (Å²) in [6, 6.07) is 8.13. The first-order valence-corrected chi connectivity index (χ1v) is 7.01. The lowest BCUT2D eigenvalue weighted by Gasteiger charge is -1.99. The summed E-state index contributed by atoms with van der Waals surface area (Å²) in [5.41, 5.74) is 2.52. The second kappa shape index (κ2) is 6.40. The van der Waals surface area contributed by atoms with Crippen molar-refractivity contribution in [1.82, 2.24) is 0 Å². The molecule has 0 amide bonds. The van der Waals surface area contributed by atoms with Crippen LogP contribution in [0.2, 0.25) is 0 Å². The summed E-state index contributed by atoms with van der Waals surface area (Å²) in [6.45, 7) is 1.95. The predicted octanol–water partition coefficient (Wildman–Crippen LogP) is 2.29.